The van der Waals surface area contributed by atoms with Crippen LogP contribution >= 0.6 is 0 Å². The Morgan fingerprint density at radius 1 is 1.04 bits per heavy atom. The van der Waals surface area contributed by atoms with Gasteiger partial charge in [-0.3, -0.25) is 14.6 Å². The van der Waals surface area contributed by atoms with E-state index in [2.05, 4.69) is 21.9 Å². The summed E-state index contributed by atoms with van der Waals surface area (Å²) >= 11 is 0. The highest BCUT2D eigenvalue weighted by Crippen LogP contribution is 2.22. The van der Waals surface area contributed by atoms with Gasteiger partial charge >= 0.3 is 0 Å². The molecular weight excluding hydrogens is 342 g/mol. The molecule has 1 aromatic rings. The molecule has 3 aliphatic heterocycles. The molecule has 3 fully saturated rings. The number of nitrogens with zero attached hydrogens (tertiary/aromatic N) is 3. The van der Waals surface area contributed by atoms with E-state index in [0.717, 1.165) is 24.9 Å². The Labute approximate surface area is 162 Å². The van der Waals surface area contributed by atoms with Crippen molar-refractivity contribution in [2.24, 2.45) is 0 Å². The quantitative estimate of drug-likeness (QED) is 0.784. The molecule has 0 aliphatic carbocycles. The van der Waals surface area contributed by atoms with Crippen molar-refractivity contribution < 1.29 is 14.3 Å². The van der Waals surface area contributed by atoms with E-state index in [-0.39, 0.29) is 12.5 Å². The first-order valence-electron chi connectivity index (χ1n) is 10.3. The molecule has 3 saturated heterocycles. The van der Waals surface area contributed by atoms with Crippen molar-refractivity contribution in [2.45, 2.75) is 31.8 Å². The predicted molar refractivity (Wildman–Crippen MR) is 104 cm³/mol. The van der Waals surface area contributed by atoms with E-state index in [1.165, 1.54) is 44.5 Å². The van der Waals surface area contributed by atoms with Gasteiger partial charge in [0.15, 0.2) is 6.61 Å². The summed E-state index contributed by atoms with van der Waals surface area (Å²) in [5.74, 6) is 0.796. The van der Waals surface area contributed by atoms with Gasteiger partial charge in [0.1, 0.15) is 5.75 Å². The van der Waals surface area contributed by atoms with E-state index >= 15 is 0 Å². The maximum atomic E-state index is 12.2. The second-order valence-corrected chi connectivity index (χ2v) is 7.85. The molecule has 1 unspecified atom stereocenters. The summed E-state index contributed by atoms with van der Waals surface area (Å²) in [6, 6.07) is 8.97. The fraction of sp³-hybridized carbons (Fsp3) is 0.667. The van der Waals surface area contributed by atoms with Gasteiger partial charge in [0.25, 0.3) is 5.91 Å². The number of piperidine rings is 1. The maximum absolute atomic E-state index is 12.2. The van der Waals surface area contributed by atoms with Crippen molar-refractivity contribution in [3.05, 3.63) is 29.8 Å². The smallest absolute Gasteiger partial charge is 0.260 e. The number of benzene rings is 1. The molecule has 148 valence electrons. The Kier molecular flexibility index (Phi) is 6.27. The molecule has 1 amide bonds. The van der Waals surface area contributed by atoms with E-state index in [0.29, 0.717) is 26.3 Å². The second-order valence-electron chi connectivity index (χ2n) is 7.85. The zero-order valence-electron chi connectivity index (χ0n) is 16.1. The molecule has 0 spiro atoms. The Hall–Kier alpha value is -1.63. The SMILES string of the molecule is O=C(COc1ccc(CN2CCN3CCCCC3C2)cc1)N1CCOCC1. The third-order valence-electron chi connectivity index (χ3n) is 5.98. The lowest BCUT2D eigenvalue weighted by Crippen LogP contribution is -2.54. The number of hydrogen-bond acceptors (Lipinski definition) is 5. The lowest BCUT2D eigenvalue weighted by atomic mass is 9.99. The molecule has 27 heavy (non-hydrogen) atoms. The molecule has 0 radical (unpaired) electrons. The summed E-state index contributed by atoms with van der Waals surface area (Å²) in [5, 5.41) is 0. The van der Waals surface area contributed by atoms with Crippen molar-refractivity contribution in [1.29, 1.82) is 0 Å². The van der Waals surface area contributed by atoms with Crippen LogP contribution in [0.5, 0.6) is 5.75 Å². The fourth-order valence-corrected chi connectivity index (χ4v) is 4.36. The zero-order chi connectivity index (χ0) is 18.5. The minimum absolute atomic E-state index is 0.0349. The van der Waals surface area contributed by atoms with Crippen LogP contribution in [-0.4, -0.2) is 85.7 Å². The van der Waals surface area contributed by atoms with Crippen LogP contribution in [0.1, 0.15) is 24.8 Å². The first-order chi connectivity index (χ1) is 13.3. The Morgan fingerprint density at radius 2 is 1.85 bits per heavy atom. The molecule has 3 aliphatic rings. The summed E-state index contributed by atoms with van der Waals surface area (Å²) in [6.07, 6.45) is 4.09. The highest BCUT2D eigenvalue weighted by atomic mass is 16.5. The lowest BCUT2D eigenvalue weighted by Gasteiger charge is -2.44. The highest BCUT2D eigenvalue weighted by Gasteiger charge is 2.28. The van der Waals surface area contributed by atoms with Crippen molar-refractivity contribution in [1.82, 2.24) is 14.7 Å². The van der Waals surface area contributed by atoms with E-state index in [1.807, 2.05) is 17.0 Å². The van der Waals surface area contributed by atoms with Crippen LogP contribution in [0, 0.1) is 0 Å². The van der Waals surface area contributed by atoms with Crippen LogP contribution < -0.4 is 4.74 Å². The summed E-state index contributed by atoms with van der Waals surface area (Å²) in [6.45, 7) is 8.49. The molecule has 0 bridgehead atoms. The van der Waals surface area contributed by atoms with Gasteiger partial charge in [-0.1, -0.05) is 18.6 Å². The van der Waals surface area contributed by atoms with Crippen LogP contribution in [-0.2, 0) is 16.1 Å². The molecule has 0 aromatic heterocycles. The summed E-state index contributed by atoms with van der Waals surface area (Å²) < 4.78 is 11.0. The number of carbonyl (C=O) groups excluding carboxylic acids is 1. The van der Waals surface area contributed by atoms with Crippen molar-refractivity contribution in [3.8, 4) is 5.75 Å². The van der Waals surface area contributed by atoms with Gasteiger partial charge in [-0.15, -0.1) is 0 Å². The number of carbonyl (C=O) groups is 1. The van der Waals surface area contributed by atoms with E-state index in [4.69, 9.17) is 9.47 Å². The molecule has 6 nitrogen and oxygen atoms in total. The third kappa shape index (κ3) is 5.00. The number of ether oxygens (including phenoxy) is 2. The lowest BCUT2D eigenvalue weighted by molar-refractivity contribution is -0.137. The van der Waals surface area contributed by atoms with E-state index in [9.17, 15) is 4.79 Å². The molecule has 3 heterocycles. The number of morpholine rings is 1. The summed E-state index contributed by atoms with van der Waals surface area (Å²) in [5.41, 5.74) is 1.31. The first kappa shape index (κ1) is 18.7. The third-order valence-corrected chi connectivity index (χ3v) is 5.98. The van der Waals surface area contributed by atoms with Crippen molar-refractivity contribution in [2.75, 3.05) is 59.1 Å². The van der Waals surface area contributed by atoms with E-state index in [1.54, 1.807) is 0 Å². The maximum Gasteiger partial charge on any atom is 0.260 e. The number of piperazine rings is 1. The topological polar surface area (TPSA) is 45.2 Å². The molecule has 1 aromatic carbocycles. The minimum Gasteiger partial charge on any atom is -0.484 e. The standard InChI is InChI=1S/C21H31N3O3/c25-21(24-11-13-26-14-12-24)17-27-20-6-4-18(5-7-20)15-22-9-10-23-8-2-1-3-19(23)16-22/h4-7,19H,1-3,8-17H2. The van der Waals surface area contributed by atoms with Crippen molar-refractivity contribution >= 4 is 5.91 Å². The van der Waals surface area contributed by atoms with Crippen LogP contribution in [0.4, 0.5) is 0 Å². The average molecular weight is 373 g/mol. The van der Waals surface area contributed by atoms with Crippen LogP contribution in [0.25, 0.3) is 0 Å². The number of rotatable bonds is 5. The van der Waals surface area contributed by atoms with Crippen molar-refractivity contribution in [3.63, 3.8) is 0 Å². The second kappa shape index (κ2) is 9.04. The van der Waals surface area contributed by atoms with Gasteiger partial charge in [0.2, 0.25) is 0 Å². The normalized spacial score (nSPS) is 24.4. The van der Waals surface area contributed by atoms with E-state index < -0.39 is 0 Å². The molecule has 1 atom stereocenters. The van der Waals surface area contributed by atoms with Gasteiger partial charge < -0.3 is 14.4 Å². The first-order valence-corrected chi connectivity index (χ1v) is 10.3. The van der Waals surface area contributed by atoms with Crippen LogP contribution in [0.15, 0.2) is 24.3 Å². The van der Waals surface area contributed by atoms with Gasteiger partial charge in [-0.2, -0.15) is 0 Å². The summed E-state index contributed by atoms with van der Waals surface area (Å²) in [7, 11) is 0. The molecule has 4 rings (SSSR count). The molecule has 6 heteroatoms. The summed E-state index contributed by atoms with van der Waals surface area (Å²) in [4.78, 5) is 19.2. The number of fused-ring (bicyclic) bond motifs is 1. The van der Waals surface area contributed by atoms with Gasteiger partial charge in [-0.05, 0) is 37.1 Å². The minimum atomic E-state index is 0.0349. The Bertz CT molecular complexity index is 616. The van der Waals surface area contributed by atoms with Gasteiger partial charge in [0.05, 0.1) is 13.2 Å². The molecular formula is C21H31N3O3. The number of amides is 1. The molecule has 0 saturated carbocycles. The monoisotopic (exact) mass is 373 g/mol. The van der Waals surface area contributed by atoms with Crippen LogP contribution in [0.2, 0.25) is 0 Å². The van der Waals surface area contributed by atoms with Crippen LogP contribution in [0.3, 0.4) is 0 Å². The highest BCUT2D eigenvalue weighted by molar-refractivity contribution is 5.77. The van der Waals surface area contributed by atoms with Gasteiger partial charge in [-0.25, -0.2) is 0 Å². The zero-order valence-corrected chi connectivity index (χ0v) is 16.1. The van der Waals surface area contributed by atoms with Gasteiger partial charge in [0, 0.05) is 45.3 Å². The molecule has 0 N–H and O–H groups in total. The fourth-order valence-electron chi connectivity index (χ4n) is 4.36. The Balaban J connectivity index is 1.23. The predicted octanol–water partition coefficient (Wildman–Crippen LogP) is 1.59. The Morgan fingerprint density at radius 3 is 2.67 bits per heavy atom. The average Bonchev–Trinajstić information content (AvgIpc) is 2.73. The largest absolute Gasteiger partial charge is 0.484 e. The number of hydrogen-bond donors (Lipinski definition) is 0.